The summed E-state index contributed by atoms with van der Waals surface area (Å²) in [6.45, 7) is 3.91. The summed E-state index contributed by atoms with van der Waals surface area (Å²) < 4.78 is 10.1. The minimum absolute atomic E-state index is 0.000700. The number of methoxy groups -OCH3 is 2. The number of fused-ring (bicyclic) bond motifs is 4. The monoisotopic (exact) mass is 313 g/mol. The van der Waals surface area contributed by atoms with Gasteiger partial charge in [-0.25, -0.2) is 4.79 Å². The number of nitrogens with one attached hydrogen (secondary N) is 1. The van der Waals surface area contributed by atoms with E-state index >= 15 is 0 Å². The zero-order chi connectivity index (χ0) is 16.6. The molecular formula is C18H19NO4. The molecule has 0 radical (unpaired) electrons. The lowest BCUT2D eigenvalue weighted by Crippen LogP contribution is -2.47. The molecule has 0 bridgehead atoms. The van der Waals surface area contributed by atoms with E-state index < -0.39 is 16.9 Å². The van der Waals surface area contributed by atoms with E-state index in [9.17, 15) is 9.59 Å². The maximum Gasteiger partial charge on any atom is 0.336 e. The van der Waals surface area contributed by atoms with Crippen LogP contribution in [0.25, 0.3) is 0 Å². The average molecular weight is 313 g/mol. The van der Waals surface area contributed by atoms with Crippen molar-refractivity contribution in [2.45, 2.75) is 31.2 Å². The van der Waals surface area contributed by atoms with Crippen molar-refractivity contribution in [3.8, 4) is 0 Å². The Kier molecular flexibility index (Phi) is 2.59. The SMILES string of the molecule is COC(=O)C1=C(C)NC2(C)C3c4ccccc4C1[C@]32C(=O)OC. The third-order valence-electron chi connectivity index (χ3n) is 5.95. The molecule has 1 heterocycles. The van der Waals surface area contributed by atoms with Crippen LogP contribution in [0.1, 0.15) is 36.8 Å². The molecule has 0 amide bonds. The van der Waals surface area contributed by atoms with Crippen LogP contribution in [0, 0.1) is 5.41 Å². The first-order chi connectivity index (χ1) is 10.9. The standard InChI is InChI=1S/C18H19NO4/c1-9-12(15(20)22-3)13-10-7-5-6-8-11(10)14-17(2,19-9)18(13,14)16(21)23-4/h5-8,13-14,19H,1-4H3/t13?,14?,17?,18-/m1/s1. The molecule has 1 N–H and O–H groups in total. The summed E-state index contributed by atoms with van der Waals surface area (Å²) in [6, 6.07) is 7.95. The highest BCUT2D eigenvalue weighted by molar-refractivity contribution is 6.00. The first kappa shape index (κ1) is 14.3. The lowest BCUT2D eigenvalue weighted by molar-refractivity contribution is -0.149. The van der Waals surface area contributed by atoms with Gasteiger partial charge in [0.2, 0.25) is 0 Å². The summed E-state index contributed by atoms with van der Waals surface area (Å²) in [5.74, 6) is -0.990. The van der Waals surface area contributed by atoms with Gasteiger partial charge in [0.05, 0.1) is 25.3 Å². The first-order valence-electron chi connectivity index (χ1n) is 7.69. The van der Waals surface area contributed by atoms with Gasteiger partial charge in [-0.2, -0.15) is 0 Å². The molecule has 23 heavy (non-hydrogen) atoms. The molecule has 1 fully saturated rings. The molecule has 0 saturated heterocycles. The predicted octanol–water partition coefficient (Wildman–Crippen LogP) is 1.85. The number of hydrogen-bond donors (Lipinski definition) is 1. The van der Waals surface area contributed by atoms with E-state index in [0.717, 1.165) is 16.8 Å². The van der Waals surface area contributed by atoms with Gasteiger partial charge < -0.3 is 14.8 Å². The van der Waals surface area contributed by atoms with Crippen LogP contribution in [-0.4, -0.2) is 31.7 Å². The van der Waals surface area contributed by atoms with E-state index in [2.05, 4.69) is 5.32 Å². The van der Waals surface area contributed by atoms with Crippen molar-refractivity contribution in [1.29, 1.82) is 0 Å². The Morgan fingerprint density at radius 2 is 1.78 bits per heavy atom. The Hall–Kier alpha value is -2.30. The molecule has 1 aromatic carbocycles. The summed E-state index contributed by atoms with van der Waals surface area (Å²) in [4.78, 5) is 25.2. The van der Waals surface area contributed by atoms with Crippen LogP contribution < -0.4 is 5.32 Å². The zero-order valence-corrected chi connectivity index (χ0v) is 13.6. The molecule has 5 nitrogen and oxygen atoms in total. The minimum Gasteiger partial charge on any atom is -0.468 e. The quantitative estimate of drug-likeness (QED) is 0.844. The largest absolute Gasteiger partial charge is 0.468 e. The lowest BCUT2D eigenvalue weighted by atomic mass is 9.74. The minimum atomic E-state index is -0.769. The van der Waals surface area contributed by atoms with E-state index in [1.54, 1.807) is 0 Å². The van der Waals surface area contributed by atoms with Crippen molar-refractivity contribution in [3.05, 3.63) is 46.7 Å². The number of esters is 2. The van der Waals surface area contributed by atoms with Gasteiger partial charge >= 0.3 is 11.9 Å². The van der Waals surface area contributed by atoms with Crippen LogP contribution >= 0.6 is 0 Å². The smallest absolute Gasteiger partial charge is 0.336 e. The fourth-order valence-corrected chi connectivity index (χ4v) is 5.18. The first-order valence-corrected chi connectivity index (χ1v) is 7.69. The molecule has 5 heteroatoms. The second-order valence-electron chi connectivity index (χ2n) is 6.71. The van der Waals surface area contributed by atoms with Crippen LogP contribution in [0.2, 0.25) is 0 Å². The maximum atomic E-state index is 12.8. The van der Waals surface area contributed by atoms with Crippen LogP contribution in [0.15, 0.2) is 35.5 Å². The van der Waals surface area contributed by atoms with Crippen LogP contribution in [0.3, 0.4) is 0 Å². The van der Waals surface area contributed by atoms with Gasteiger partial charge in [-0.3, -0.25) is 4.79 Å². The Balaban J connectivity index is 2.02. The molecule has 120 valence electrons. The van der Waals surface area contributed by atoms with Crippen LogP contribution in [0.4, 0.5) is 0 Å². The van der Waals surface area contributed by atoms with E-state index in [1.165, 1.54) is 14.2 Å². The van der Waals surface area contributed by atoms with Gasteiger partial charge in [0, 0.05) is 17.5 Å². The van der Waals surface area contributed by atoms with Gasteiger partial charge in [0.1, 0.15) is 5.41 Å². The van der Waals surface area contributed by atoms with Gasteiger partial charge in [-0.1, -0.05) is 24.3 Å². The van der Waals surface area contributed by atoms with E-state index in [-0.39, 0.29) is 17.8 Å². The van der Waals surface area contributed by atoms with Crippen molar-refractivity contribution < 1.29 is 19.1 Å². The highest BCUT2D eigenvalue weighted by Crippen LogP contribution is 2.81. The number of rotatable bonds is 2. The number of ether oxygens (including phenoxy) is 2. The van der Waals surface area contributed by atoms with Gasteiger partial charge in [0.25, 0.3) is 0 Å². The molecule has 0 aromatic heterocycles. The number of benzene rings is 1. The highest BCUT2D eigenvalue weighted by atomic mass is 16.5. The second kappa shape index (κ2) is 4.16. The summed E-state index contributed by atoms with van der Waals surface area (Å²) in [6.07, 6.45) is 0. The van der Waals surface area contributed by atoms with Crippen molar-refractivity contribution in [2.75, 3.05) is 14.2 Å². The normalized spacial score (nSPS) is 35.8. The van der Waals surface area contributed by atoms with Crippen molar-refractivity contribution in [1.82, 2.24) is 5.32 Å². The van der Waals surface area contributed by atoms with E-state index in [1.807, 2.05) is 38.1 Å². The topological polar surface area (TPSA) is 64.6 Å². The van der Waals surface area contributed by atoms with Crippen molar-refractivity contribution in [2.24, 2.45) is 5.41 Å². The molecule has 4 atom stereocenters. The van der Waals surface area contributed by atoms with E-state index in [0.29, 0.717) is 5.57 Å². The molecular weight excluding hydrogens is 294 g/mol. The average Bonchev–Trinajstić information content (AvgIpc) is 2.94. The number of allylic oxidation sites excluding steroid dienone is 1. The molecule has 3 aliphatic rings. The number of hydrogen-bond acceptors (Lipinski definition) is 5. The molecule has 2 aliphatic carbocycles. The molecule has 1 saturated carbocycles. The van der Waals surface area contributed by atoms with E-state index in [4.69, 9.17) is 9.47 Å². The molecule has 4 rings (SSSR count). The Bertz CT molecular complexity index is 783. The summed E-state index contributed by atoms with van der Waals surface area (Å²) >= 11 is 0. The van der Waals surface area contributed by atoms with Crippen molar-refractivity contribution >= 4 is 11.9 Å². The van der Waals surface area contributed by atoms with Crippen molar-refractivity contribution in [3.63, 3.8) is 0 Å². The second-order valence-corrected chi connectivity index (χ2v) is 6.71. The van der Waals surface area contributed by atoms with Gasteiger partial charge in [0.15, 0.2) is 0 Å². The maximum absolute atomic E-state index is 12.8. The summed E-state index contributed by atoms with van der Waals surface area (Å²) in [5.41, 5.74) is 2.26. The Morgan fingerprint density at radius 1 is 1.13 bits per heavy atom. The third-order valence-corrected chi connectivity index (χ3v) is 5.95. The molecule has 3 unspecified atom stereocenters. The molecule has 0 spiro atoms. The Morgan fingerprint density at radius 3 is 2.39 bits per heavy atom. The fraction of sp³-hybridized carbons (Fsp3) is 0.444. The summed E-state index contributed by atoms with van der Waals surface area (Å²) in [7, 11) is 2.77. The zero-order valence-electron chi connectivity index (χ0n) is 13.6. The lowest BCUT2D eigenvalue weighted by Gasteiger charge is -2.37. The fourth-order valence-electron chi connectivity index (χ4n) is 5.18. The Labute approximate surface area is 134 Å². The molecule has 1 aliphatic heterocycles. The molecule has 1 aromatic rings. The summed E-state index contributed by atoms with van der Waals surface area (Å²) in [5, 5.41) is 3.40. The predicted molar refractivity (Wildman–Crippen MR) is 82.6 cm³/mol. The number of carbonyl (C=O) groups is 2. The third kappa shape index (κ3) is 1.31. The van der Waals surface area contributed by atoms with Gasteiger partial charge in [-0.15, -0.1) is 0 Å². The van der Waals surface area contributed by atoms with Crippen LogP contribution in [0.5, 0.6) is 0 Å². The highest BCUT2D eigenvalue weighted by Gasteiger charge is 2.87. The van der Waals surface area contributed by atoms with Crippen LogP contribution in [-0.2, 0) is 19.1 Å². The van der Waals surface area contributed by atoms with Gasteiger partial charge in [-0.05, 0) is 25.0 Å². The number of carbonyl (C=O) groups excluding carboxylic acids is 2.